The molecule has 3 rings (SSSR count). The standard InChI is InChI=1S/C22H22O2/c23-21-15-16-22(24)20(14-12-18-9-5-2-6-10-18)19(21)13-11-17-7-3-1-4-8-17/h1-10,15-16,23-24H,11-14H2. The number of hydrogen-bond donors (Lipinski definition) is 2. The monoisotopic (exact) mass is 318 g/mol. The highest BCUT2D eigenvalue weighted by molar-refractivity contribution is 5.48. The molecule has 122 valence electrons. The van der Waals surface area contributed by atoms with Gasteiger partial charge in [-0.1, -0.05) is 60.7 Å². The second kappa shape index (κ2) is 7.69. The van der Waals surface area contributed by atoms with Crippen molar-refractivity contribution in [2.24, 2.45) is 0 Å². The van der Waals surface area contributed by atoms with E-state index in [1.54, 1.807) is 12.1 Å². The van der Waals surface area contributed by atoms with Crippen molar-refractivity contribution in [3.05, 3.63) is 95.1 Å². The zero-order chi connectivity index (χ0) is 16.8. The normalized spacial score (nSPS) is 10.7. The molecule has 0 aliphatic carbocycles. The molecule has 0 aromatic heterocycles. The van der Waals surface area contributed by atoms with Crippen LogP contribution in [0.15, 0.2) is 72.8 Å². The maximum absolute atomic E-state index is 10.3. The summed E-state index contributed by atoms with van der Waals surface area (Å²) in [5.41, 5.74) is 4.17. The van der Waals surface area contributed by atoms with E-state index in [9.17, 15) is 10.2 Å². The molecule has 0 fully saturated rings. The number of benzene rings is 3. The molecule has 0 amide bonds. The highest BCUT2D eigenvalue weighted by atomic mass is 16.3. The van der Waals surface area contributed by atoms with Gasteiger partial charge in [0.05, 0.1) is 0 Å². The summed E-state index contributed by atoms with van der Waals surface area (Å²) < 4.78 is 0. The summed E-state index contributed by atoms with van der Waals surface area (Å²) in [4.78, 5) is 0. The Morgan fingerprint density at radius 2 is 0.833 bits per heavy atom. The van der Waals surface area contributed by atoms with Crippen molar-refractivity contribution in [2.75, 3.05) is 0 Å². The fourth-order valence-electron chi connectivity index (χ4n) is 3.05. The zero-order valence-electron chi connectivity index (χ0n) is 13.7. The first-order valence-electron chi connectivity index (χ1n) is 8.34. The fraction of sp³-hybridized carbons (Fsp3) is 0.182. The second-order valence-electron chi connectivity index (χ2n) is 6.03. The van der Waals surface area contributed by atoms with E-state index in [0.29, 0.717) is 12.8 Å². The van der Waals surface area contributed by atoms with Crippen molar-refractivity contribution < 1.29 is 10.2 Å². The van der Waals surface area contributed by atoms with Crippen LogP contribution in [0.3, 0.4) is 0 Å². The molecule has 2 N–H and O–H groups in total. The molecule has 0 unspecified atom stereocenters. The third-order valence-corrected chi connectivity index (χ3v) is 4.39. The van der Waals surface area contributed by atoms with E-state index in [0.717, 1.165) is 24.0 Å². The van der Waals surface area contributed by atoms with Crippen LogP contribution in [0.2, 0.25) is 0 Å². The van der Waals surface area contributed by atoms with Crippen LogP contribution in [-0.2, 0) is 25.7 Å². The molecule has 3 aromatic carbocycles. The first-order valence-corrected chi connectivity index (χ1v) is 8.34. The van der Waals surface area contributed by atoms with Crippen LogP contribution in [0.25, 0.3) is 0 Å². The van der Waals surface area contributed by atoms with Crippen LogP contribution in [-0.4, -0.2) is 10.2 Å². The van der Waals surface area contributed by atoms with Crippen molar-refractivity contribution in [3.63, 3.8) is 0 Å². The van der Waals surface area contributed by atoms with Gasteiger partial charge >= 0.3 is 0 Å². The lowest BCUT2D eigenvalue weighted by Gasteiger charge is -2.14. The van der Waals surface area contributed by atoms with Crippen LogP contribution in [0.4, 0.5) is 0 Å². The molecule has 0 radical (unpaired) electrons. The van der Waals surface area contributed by atoms with Gasteiger partial charge in [-0.25, -0.2) is 0 Å². The molecule has 0 atom stereocenters. The lowest BCUT2D eigenvalue weighted by atomic mass is 9.94. The third-order valence-electron chi connectivity index (χ3n) is 4.39. The Balaban J connectivity index is 1.78. The molecule has 0 aliphatic rings. The van der Waals surface area contributed by atoms with Crippen molar-refractivity contribution in [1.29, 1.82) is 0 Å². The Bertz CT molecular complexity index is 711. The van der Waals surface area contributed by atoms with E-state index in [4.69, 9.17) is 0 Å². The zero-order valence-corrected chi connectivity index (χ0v) is 13.7. The first kappa shape index (κ1) is 16.1. The van der Waals surface area contributed by atoms with Crippen molar-refractivity contribution in [1.82, 2.24) is 0 Å². The molecular formula is C22H22O2. The van der Waals surface area contributed by atoms with Crippen LogP contribution in [0, 0.1) is 0 Å². The van der Waals surface area contributed by atoms with Gasteiger partial charge in [0.2, 0.25) is 0 Å². The fourth-order valence-corrected chi connectivity index (χ4v) is 3.05. The molecule has 0 heterocycles. The van der Waals surface area contributed by atoms with Crippen LogP contribution < -0.4 is 0 Å². The van der Waals surface area contributed by atoms with Crippen molar-refractivity contribution >= 4 is 0 Å². The quantitative estimate of drug-likeness (QED) is 0.649. The van der Waals surface area contributed by atoms with E-state index in [2.05, 4.69) is 24.3 Å². The molecular weight excluding hydrogens is 296 g/mol. The number of rotatable bonds is 6. The van der Waals surface area contributed by atoms with Crippen molar-refractivity contribution in [2.45, 2.75) is 25.7 Å². The molecule has 2 heteroatoms. The second-order valence-corrected chi connectivity index (χ2v) is 6.03. The topological polar surface area (TPSA) is 40.5 Å². The van der Waals surface area contributed by atoms with Crippen molar-refractivity contribution in [3.8, 4) is 11.5 Å². The minimum Gasteiger partial charge on any atom is -0.508 e. The van der Waals surface area contributed by atoms with Gasteiger partial charge in [-0.05, 0) is 48.9 Å². The van der Waals surface area contributed by atoms with Crippen LogP contribution in [0.1, 0.15) is 22.3 Å². The highest BCUT2D eigenvalue weighted by Crippen LogP contribution is 2.31. The summed E-state index contributed by atoms with van der Waals surface area (Å²) in [6, 6.07) is 23.6. The van der Waals surface area contributed by atoms with E-state index in [1.165, 1.54) is 11.1 Å². The van der Waals surface area contributed by atoms with Gasteiger partial charge < -0.3 is 10.2 Å². The van der Waals surface area contributed by atoms with Gasteiger partial charge in [-0.2, -0.15) is 0 Å². The molecule has 0 saturated carbocycles. The summed E-state index contributed by atoms with van der Waals surface area (Å²) >= 11 is 0. The lowest BCUT2D eigenvalue weighted by Crippen LogP contribution is -2.01. The average Bonchev–Trinajstić information content (AvgIpc) is 2.63. The van der Waals surface area contributed by atoms with Gasteiger partial charge in [-0.15, -0.1) is 0 Å². The van der Waals surface area contributed by atoms with Gasteiger partial charge in [0.25, 0.3) is 0 Å². The van der Waals surface area contributed by atoms with E-state index in [-0.39, 0.29) is 11.5 Å². The Hall–Kier alpha value is -2.74. The summed E-state index contributed by atoms with van der Waals surface area (Å²) in [5, 5.41) is 20.6. The number of hydrogen-bond acceptors (Lipinski definition) is 2. The maximum atomic E-state index is 10.3. The van der Waals surface area contributed by atoms with Crippen LogP contribution >= 0.6 is 0 Å². The molecule has 0 saturated heterocycles. The summed E-state index contributed by atoms with van der Waals surface area (Å²) in [5.74, 6) is 0.540. The molecule has 0 spiro atoms. The van der Waals surface area contributed by atoms with E-state index < -0.39 is 0 Å². The first-order chi connectivity index (χ1) is 11.7. The maximum Gasteiger partial charge on any atom is 0.119 e. The summed E-state index contributed by atoms with van der Waals surface area (Å²) in [6.45, 7) is 0. The predicted octanol–water partition coefficient (Wildman–Crippen LogP) is 4.67. The SMILES string of the molecule is Oc1ccc(O)c(CCc2ccccc2)c1CCc1ccccc1. The molecule has 3 aromatic rings. The summed E-state index contributed by atoms with van der Waals surface area (Å²) in [7, 11) is 0. The lowest BCUT2D eigenvalue weighted by molar-refractivity contribution is 0.447. The highest BCUT2D eigenvalue weighted by Gasteiger charge is 2.13. The van der Waals surface area contributed by atoms with Gasteiger partial charge in [0.1, 0.15) is 11.5 Å². The Morgan fingerprint density at radius 1 is 0.458 bits per heavy atom. The summed E-state index contributed by atoms with van der Waals surface area (Å²) in [6.07, 6.45) is 3.12. The number of phenols is 2. The molecule has 24 heavy (non-hydrogen) atoms. The van der Waals surface area contributed by atoms with Gasteiger partial charge in [0.15, 0.2) is 0 Å². The number of aryl methyl sites for hydroxylation is 2. The minimum absolute atomic E-state index is 0.270. The largest absolute Gasteiger partial charge is 0.508 e. The number of aromatic hydroxyl groups is 2. The molecule has 0 aliphatic heterocycles. The Morgan fingerprint density at radius 3 is 1.21 bits per heavy atom. The molecule has 2 nitrogen and oxygen atoms in total. The average molecular weight is 318 g/mol. The van der Waals surface area contributed by atoms with E-state index in [1.807, 2.05) is 36.4 Å². The number of phenolic OH excluding ortho intramolecular Hbond substituents is 2. The minimum atomic E-state index is 0.270. The smallest absolute Gasteiger partial charge is 0.119 e. The van der Waals surface area contributed by atoms with Crippen LogP contribution in [0.5, 0.6) is 11.5 Å². The Kier molecular flexibility index (Phi) is 5.17. The molecule has 0 bridgehead atoms. The Labute approximate surface area is 143 Å². The predicted molar refractivity (Wildman–Crippen MR) is 97.5 cm³/mol. The van der Waals surface area contributed by atoms with Gasteiger partial charge in [-0.3, -0.25) is 0 Å². The van der Waals surface area contributed by atoms with E-state index >= 15 is 0 Å². The third kappa shape index (κ3) is 3.96. The van der Waals surface area contributed by atoms with Gasteiger partial charge in [0, 0.05) is 11.1 Å².